The first kappa shape index (κ1) is 18.8. The van der Waals surface area contributed by atoms with Crippen molar-refractivity contribution < 1.29 is 9.59 Å². The summed E-state index contributed by atoms with van der Waals surface area (Å²) in [5.74, 6) is -0.272. The summed E-state index contributed by atoms with van der Waals surface area (Å²) < 4.78 is 1.67. The number of rotatable bonds is 4. The summed E-state index contributed by atoms with van der Waals surface area (Å²) in [6.45, 7) is 0. The Morgan fingerprint density at radius 3 is 2.47 bits per heavy atom. The number of aromatic nitrogens is 3. The molecule has 0 spiro atoms. The van der Waals surface area contributed by atoms with Crippen LogP contribution in [0.3, 0.4) is 0 Å². The lowest BCUT2D eigenvalue weighted by Crippen LogP contribution is -2.27. The predicted molar refractivity (Wildman–Crippen MR) is 111 cm³/mol. The number of anilines is 1. The smallest absolute Gasteiger partial charge is 0.259 e. The predicted octanol–water partition coefficient (Wildman–Crippen LogP) is 2.64. The Hall–Kier alpha value is -4.51. The monoisotopic (exact) mass is 396 g/mol. The minimum Gasteiger partial charge on any atom is -0.366 e. The van der Waals surface area contributed by atoms with Crippen LogP contribution < -0.4 is 10.6 Å². The van der Waals surface area contributed by atoms with Gasteiger partial charge in [-0.25, -0.2) is 9.50 Å². The van der Waals surface area contributed by atoms with Gasteiger partial charge in [-0.1, -0.05) is 12.1 Å². The fourth-order valence-corrected chi connectivity index (χ4v) is 3.02. The molecule has 4 aromatic rings. The number of nitrogens with zero attached hydrogens (tertiary/aromatic N) is 5. The Morgan fingerprint density at radius 1 is 1.07 bits per heavy atom. The van der Waals surface area contributed by atoms with Gasteiger partial charge in [0.2, 0.25) is 5.91 Å². The molecule has 30 heavy (non-hydrogen) atoms. The maximum Gasteiger partial charge on any atom is 0.259 e. The number of fused-ring (bicyclic) bond motifs is 1. The number of carbonyl (C=O) groups is 2. The lowest BCUT2D eigenvalue weighted by Gasteiger charge is -2.16. The summed E-state index contributed by atoms with van der Waals surface area (Å²) in [5.41, 5.74) is 8.89. The van der Waals surface area contributed by atoms with Crippen molar-refractivity contribution in [2.75, 3.05) is 11.9 Å². The average molecular weight is 396 g/mol. The number of nitrogens with two attached hydrogens (primary N) is 1. The highest BCUT2D eigenvalue weighted by Crippen LogP contribution is 2.22. The molecule has 0 saturated heterocycles. The molecule has 3 heterocycles. The molecule has 0 saturated carbocycles. The minimum absolute atomic E-state index is 0.233. The molecule has 0 aliphatic carbocycles. The number of nitriles is 1. The van der Waals surface area contributed by atoms with Gasteiger partial charge in [0, 0.05) is 36.1 Å². The highest BCUT2D eigenvalue weighted by atomic mass is 16.2. The number of hydrogen-bond acceptors (Lipinski definition) is 5. The van der Waals surface area contributed by atoms with Crippen LogP contribution in [0.2, 0.25) is 0 Å². The van der Waals surface area contributed by atoms with E-state index in [4.69, 9.17) is 11.0 Å². The van der Waals surface area contributed by atoms with Crippen LogP contribution in [0.25, 0.3) is 16.8 Å². The van der Waals surface area contributed by atoms with Crippen LogP contribution in [0, 0.1) is 11.3 Å². The van der Waals surface area contributed by atoms with Gasteiger partial charge in [-0.15, -0.1) is 0 Å². The highest BCUT2D eigenvalue weighted by Gasteiger charge is 2.16. The summed E-state index contributed by atoms with van der Waals surface area (Å²) in [6, 6.07) is 17.4. The molecule has 0 unspecified atom stereocenters. The Balaban J connectivity index is 1.62. The van der Waals surface area contributed by atoms with Crippen molar-refractivity contribution in [2.24, 2.45) is 5.73 Å². The summed E-state index contributed by atoms with van der Waals surface area (Å²) in [7, 11) is 1.63. The molecule has 3 aromatic heterocycles. The third-order valence-electron chi connectivity index (χ3n) is 4.70. The molecule has 2 N–H and O–H groups in total. The Morgan fingerprint density at radius 2 is 1.83 bits per heavy atom. The van der Waals surface area contributed by atoms with Gasteiger partial charge < -0.3 is 5.73 Å². The molecule has 0 aliphatic heterocycles. The van der Waals surface area contributed by atoms with E-state index in [2.05, 4.69) is 10.1 Å². The van der Waals surface area contributed by atoms with Crippen LogP contribution in [0.1, 0.15) is 26.3 Å². The molecule has 4 rings (SSSR count). The third kappa shape index (κ3) is 3.47. The average Bonchev–Trinajstić information content (AvgIpc) is 3.21. The van der Waals surface area contributed by atoms with E-state index in [9.17, 15) is 9.59 Å². The molecular formula is C22H16N6O2. The first-order valence-electron chi connectivity index (χ1n) is 9.00. The summed E-state index contributed by atoms with van der Waals surface area (Å²) in [5, 5.41) is 13.4. The van der Waals surface area contributed by atoms with E-state index in [1.54, 1.807) is 66.3 Å². The summed E-state index contributed by atoms with van der Waals surface area (Å²) in [4.78, 5) is 29.7. The van der Waals surface area contributed by atoms with Gasteiger partial charge in [-0.05, 0) is 42.5 Å². The van der Waals surface area contributed by atoms with Gasteiger partial charge in [0.25, 0.3) is 5.91 Å². The Kier molecular flexibility index (Phi) is 4.70. The van der Waals surface area contributed by atoms with E-state index in [0.29, 0.717) is 28.2 Å². The molecule has 1 aromatic carbocycles. The van der Waals surface area contributed by atoms with Gasteiger partial charge in [-0.2, -0.15) is 10.4 Å². The number of pyridine rings is 2. The van der Waals surface area contributed by atoms with Gasteiger partial charge >= 0.3 is 0 Å². The molecule has 146 valence electrons. The van der Waals surface area contributed by atoms with E-state index >= 15 is 0 Å². The SMILES string of the molecule is CN(C(=O)c1ccn2nc(-c3ccc(C(N)=O)cc3)cc2c1)c1ccc(C#N)cn1. The van der Waals surface area contributed by atoms with E-state index in [-0.39, 0.29) is 5.91 Å². The second kappa shape index (κ2) is 7.48. The van der Waals surface area contributed by atoms with Crippen LogP contribution in [-0.2, 0) is 0 Å². The summed E-state index contributed by atoms with van der Waals surface area (Å²) in [6.07, 6.45) is 3.14. The summed E-state index contributed by atoms with van der Waals surface area (Å²) >= 11 is 0. The zero-order chi connectivity index (χ0) is 21.3. The first-order valence-corrected chi connectivity index (χ1v) is 9.00. The molecular weight excluding hydrogens is 380 g/mol. The number of carbonyl (C=O) groups excluding carboxylic acids is 2. The molecule has 0 fully saturated rings. The second-order valence-corrected chi connectivity index (χ2v) is 6.64. The molecule has 2 amide bonds. The number of primary amides is 1. The van der Waals surface area contributed by atoms with Gasteiger partial charge in [0.15, 0.2) is 0 Å². The maximum atomic E-state index is 12.9. The topological polar surface area (TPSA) is 117 Å². The van der Waals surface area contributed by atoms with Gasteiger partial charge in [-0.3, -0.25) is 14.5 Å². The number of amides is 2. The van der Waals surface area contributed by atoms with Crippen molar-refractivity contribution in [2.45, 2.75) is 0 Å². The zero-order valence-electron chi connectivity index (χ0n) is 16.0. The normalized spacial score (nSPS) is 10.5. The quantitative estimate of drug-likeness (QED) is 0.569. The zero-order valence-corrected chi connectivity index (χ0v) is 16.0. The van der Waals surface area contributed by atoms with Crippen molar-refractivity contribution >= 4 is 23.1 Å². The minimum atomic E-state index is -0.486. The van der Waals surface area contributed by atoms with Crippen molar-refractivity contribution in [3.8, 4) is 17.3 Å². The molecule has 0 atom stereocenters. The Labute approximate surface area is 171 Å². The van der Waals surface area contributed by atoms with Crippen LogP contribution in [-0.4, -0.2) is 33.5 Å². The molecule has 0 aliphatic rings. The van der Waals surface area contributed by atoms with Crippen molar-refractivity contribution in [1.82, 2.24) is 14.6 Å². The van der Waals surface area contributed by atoms with Gasteiger partial charge in [0.1, 0.15) is 11.9 Å². The first-order chi connectivity index (χ1) is 14.5. The van der Waals surface area contributed by atoms with E-state index < -0.39 is 5.91 Å². The number of hydrogen-bond donors (Lipinski definition) is 1. The number of benzene rings is 1. The van der Waals surface area contributed by atoms with Crippen molar-refractivity contribution in [3.05, 3.63) is 83.7 Å². The standard InChI is InChI=1S/C22H16N6O2/c1-27(20-7-2-14(12-23)13-25-20)22(30)17-8-9-28-18(10-17)11-19(26-28)15-3-5-16(6-4-15)21(24)29/h2-11,13H,1H3,(H2,24,29). The molecule has 8 nitrogen and oxygen atoms in total. The van der Waals surface area contributed by atoms with Crippen LogP contribution >= 0.6 is 0 Å². The van der Waals surface area contributed by atoms with Crippen LogP contribution in [0.15, 0.2) is 67.0 Å². The molecule has 0 radical (unpaired) electrons. The van der Waals surface area contributed by atoms with Crippen molar-refractivity contribution in [3.63, 3.8) is 0 Å². The van der Waals surface area contributed by atoms with E-state index in [1.807, 2.05) is 12.1 Å². The fraction of sp³-hybridized carbons (Fsp3) is 0.0455. The van der Waals surface area contributed by atoms with Crippen molar-refractivity contribution in [1.29, 1.82) is 5.26 Å². The lowest BCUT2D eigenvalue weighted by molar-refractivity contribution is 0.0987. The van der Waals surface area contributed by atoms with Crippen LogP contribution in [0.5, 0.6) is 0 Å². The highest BCUT2D eigenvalue weighted by molar-refractivity contribution is 6.05. The van der Waals surface area contributed by atoms with Crippen LogP contribution in [0.4, 0.5) is 5.82 Å². The van der Waals surface area contributed by atoms with E-state index in [1.165, 1.54) is 11.1 Å². The lowest BCUT2D eigenvalue weighted by atomic mass is 10.1. The third-order valence-corrected chi connectivity index (χ3v) is 4.70. The molecule has 8 heteroatoms. The Bertz CT molecular complexity index is 1300. The van der Waals surface area contributed by atoms with E-state index in [0.717, 1.165) is 11.1 Å². The fourth-order valence-electron chi connectivity index (χ4n) is 3.02. The largest absolute Gasteiger partial charge is 0.366 e. The molecule has 0 bridgehead atoms. The second-order valence-electron chi connectivity index (χ2n) is 6.64. The maximum absolute atomic E-state index is 12.9. The van der Waals surface area contributed by atoms with Gasteiger partial charge in [0.05, 0.1) is 16.8 Å².